The Morgan fingerprint density at radius 1 is 1.23 bits per heavy atom. The molecule has 1 aromatic carbocycles. The number of furan rings is 1. The molecule has 7 heteroatoms. The zero-order valence-corrected chi connectivity index (χ0v) is 11.7. The zero-order chi connectivity index (χ0) is 15.9. The van der Waals surface area contributed by atoms with Gasteiger partial charge in [-0.2, -0.15) is 0 Å². The van der Waals surface area contributed by atoms with Crippen LogP contribution >= 0.6 is 0 Å². The van der Waals surface area contributed by atoms with Crippen LogP contribution in [0.2, 0.25) is 0 Å². The normalized spacial score (nSPS) is 11.8. The van der Waals surface area contributed by atoms with Gasteiger partial charge in [0.1, 0.15) is 17.6 Å². The maximum atomic E-state index is 11.9. The minimum atomic E-state index is -1.13. The maximum absolute atomic E-state index is 11.9. The highest BCUT2D eigenvalue weighted by molar-refractivity contribution is 5.94. The van der Waals surface area contributed by atoms with E-state index in [2.05, 4.69) is 10.6 Å². The van der Waals surface area contributed by atoms with Crippen molar-refractivity contribution in [2.75, 3.05) is 5.32 Å². The lowest BCUT2D eigenvalue weighted by molar-refractivity contribution is -0.141. The van der Waals surface area contributed by atoms with Crippen molar-refractivity contribution < 1.29 is 24.2 Å². The molecule has 0 spiro atoms. The summed E-state index contributed by atoms with van der Waals surface area (Å²) in [4.78, 5) is 23.1. The molecule has 0 aliphatic heterocycles. The van der Waals surface area contributed by atoms with E-state index in [1.165, 1.54) is 18.4 Å². The van der Waals surface area contributed by atoms with Crippen molar-refractivity contribution in [3.8, 4) is 5.75 Å². The van der Waals surface area contributed by atoms with Gasteiger partial charge in [-0.25, -0.2) is 0 Å². The highest BCUT2D eigenvalue weighted by Gasteiger charge is 2.21. The largest absolute Gasteiger partial charge is 0.508 e. The summed E-state index contributed by atoms with van der Waals surface area (Å²) >= 11 is 0. The van der Waals surface area contributed by atoms with Crippen molar-refractivity contribution in [2.45, 2.75) is 19.0 Å². The summed E-state index contributed by atoms with van der Waals surface area (Å²) < 4.78 is 5.09. The average molecular weight is 304 g/mol. The Kier molecular flexibility index (Phi) is 5.16. The molecule has 1 atom stereocenters. The van der Waals surface area contributed by atoms with Crippen LogP contribution in [0.15, 0.2) is 47.1 Å². The molecule has 4 N–H and O–H groups in total. The number of hydrogen-bond donors (Lipinski definition) is 4. The summed E-state index contributed by atoms with van der Waals surface area (Å²) in [6, 6.07) is 8.39. The van der Waals surface area contributed by atoms with E-state index in [4.69, 9.17) is 9.52 Å². The number of carbonyl (C=O) groups is 2. The Balaban J connectivity index is 1.89. The first-order valence-electron chi connectivity index (χ1n) is 6.62. The Hall–Kier alpha value is -2.80. The number of aliphatic carboxylic acids is 1. The molecule has 1 heterocycles. The second-order valence-electron chi connectivity index (χ2n) is 4.65. The number of aromatic hydroxyl groups is 1. The molecule has 0 saturated heterocycles. The summed E-state index contributed by atoms with van der Waals surface area (Å²) in [5, 5.41) is 23.7. The second kappa shape index (κ2) is 7.28. The van der Waals surface area contributed by atoms with Gasteiger partial charge in [-0.1, -0.05) is 6.07 Å². The molecular weight excluding hydrogens is 288 g/mol. The van der Waals surface area contributed by atoms with Gasteiger partial charge in [-0.3, -0.25) is 14.9 Å². The van der Waals surface area contributed by atoms with Gasteiger partial charge in [0, 0.05) is 11.8 Å². The highest BCUT2D eigenvalue weighted by Crippen LogP contribution is 2.15. The van der Waals surface area contributed by atoms with Crippen LogP contribution in [-0.4, -0.2) is 28.1 Å². The van der Waals surface area contributed by atoms with Gasteiger partial charge in [-0.15, -0.1) is 0 Å². The fourth-order valence-electron chi connectivity index (χ4n) is 1.86. The maximum Gasteiger partial charge on any atom is 0.321 e. The number of anilines is 1. The quantitative estimate of drug-likeness (QED) is 0.617. The lowest BCUT2D eigenvalue weighted by atomic mass is 10.2. The van der Waals surface area contributed by atoms with E-state index in [0.29, 0.717) is 11.4 Å². The number of hydrogen-bond acceptors (Lipinski definition) is 5. The van der Waals surface area contributed by atoms with Crippen molar-refractivity contribution in [1.82, 2.24) is 5.32 Å². The second-order valence-corrected chi connectivity index (χ2v) is 4.65. The van der Waals surface area contributed by atoms with E-state index in [0.717, 1.165) is 0 Å². The summed E-state index contributed by atoms with van der Waals surface area (Å²) in [6.07, 6.45) is 1.24. The molecule has 0 saturated carbocycles. The first-order chi connectivity index (χ1) is 10.5. The molecule has 0 unspecified atom stereocenters. The van der Waals surface area contributed by atoms with Gasteiger partial charge in [0.25, 0.3) is 0 Å². The Labute approximate surface area is 126 Å². The molecule has 2 aromatic rings. The van der Waals surface area contributed by atoms with E-state index in [1.807, 2.05) is 0 Å². The topological polar surface area (TPSA) is 112 Å². The standard InChI is InChI=1S/C15H16N2O5/c18-11-4-1-3-10(7-11)17-14(19)8-13(15(20)21)16-9-12-5-2-6-22-12/h1-7,13,16,18H,8-9H2,(H,17,19)(H,20,21)/t13-/m0/s1. The first kappa shape index (κ1) is 15.6. The van der Waals surface area contributed by atoms with Crippen molar-refractivity contribution in [3.05, 3.63) is 48.4 Å². The summed E-state index contributed by atoms with van der Waals surface area (Å²) in [7, 11) is 0. The van der Waals surface area contributed by atoms with Crippen molar-refractivity contribution in [1.29, 1.82) is 0 Å². The number of phenols is 1. The van der Waals surface area contributed by atoms with E-state index in [9.17, 15) is 14.7 Å². The zero-order valence-electron chi connectivity index (χ0n) is 11.7. The number of carboxylic acids is 1. The first-order valence-corrected chi connectivity index (χ1v) is 6.62. The van der Waals surface area contributed by atoms with Crippen molar-refractivity contribution in [2.24, 2.45) is 0 Å². The van der Waals surface area contributed by atoms with E-state index >= 15 is 0 Å². The third kappa shape index (κ3) is 4.64. The Morgan fingerprint density at radius 2 is 2.05 bits per heavy atom. The Bertz CT molecular complexity index is 639. The molecule has 1 aromatic heterocycles. The highest BCUT2D eigenvalue weighted by atomic mass is 16.4. The number of benzene rings is 1. The van der Waals surface area contributed by atoms with Crippen molar-refractivity contribution >= 4 is 17.6 Å². The van der Waals surface area contributed by atoms with Crippen LogP contribution in [0.4, 0.5) is 5.69 Å². The third-order valence-corrected chi connectivity index (χ3v) is 2.92. The molecule has 22 heavy (non-hydrogen) atoms. The third-order valence-electron chi connectivity index (χ3n) is 2.92. The summed E-state index contributed by atoms with van der Waals surface area (Å²) in [5.74, 6) is -0.995. The van der Waals surface area contributed by atoms with Gasteiger partial charge in [0.05, 0.1) is 19.2 Å². The predicted octanol–water partition coefficient (Wildman–Crippen LogP) is 1.56. The Morgan fingerprint density at radius 3 is 2.68 bits per heavy atom. The molecule has 0 fully saturated rings. The summed E-state index contributed by atoms with van der Waals surface area (Å²) in [5.41, 5.74) is 0.403. The molecule has 0 radical (unpaired) electrons. The molecule has 2 rings (SSSR count). The van der Waals surface area contributed by atoms with Crippen LogP contribution in [-0.2, 0) is 16.1 Å². The number of phenolic OH excluding ortho intramolecular Hbond substituents is 1. The lowest BCUT2D eigenvalue weighted by Gasteiger charge is -2.13. The number of nitrogens with one attached hydrogen (secondary N) is 2. The van der Waals surface area contributed by atoms with E-state index < -0.39 is 17.9 Å². The average Bonchev–Trinajstić information content (AvgIpc) is 2.96. The lowest BCUT2D eigenvalue weighted by Crippen LogP contribution is -2.39. The molecule has 0 aliphatic carbocycles. The minimum Gasteiger partial charge on any atom is -0.508 e. The number of rotatable bonds is 7. The van der Waals surface area contributed by atoms with Crippen LogP contribution in [0, 0.1) is 0 Å². The van der Waals surface area contributed by atoms with Crippen LogP contribution in [0.5, 0.6) is 5.75 Å². The molecule has 1 amide bonds. The number of amides is 1. The fourth-order valence-corrected chi connectivity index (χ4v) is 1.86. The van der Waals surface area contributed by atoms with Gasteiger partial charge >= 0.3 is 5.97 Å². The van der Waals surface area contributed by atoms with Gasteiger partial charge in [-0.05, 0) is 24.3 Å². The van der Waals surface area contributed by atoms with E-state index in [1.54, 1.807) is 24.3 Å². The number of carboxylic acid groups (broad SMARTS) is 1. The molecule has 116 valence electrons. The van der Waals surface area contributed by atoms with Crippen LogP contribution in [0.25, 0.3) is 0 Å². The van der Waals surface area contributed by atoms with Gasteiger partial charge in [0.15, 0.2) is 0 Å². The van der Waals surface area contributed by atoms with Gasteiger partial charge < -0.3 is 19.9 Å². The van der Waals surface area contributed by atoms with Crippen LogP contribution < -0.4 is 10.6 Å². The van der Waals surface area contributed by atoms with Gasteiger partial charge in [0.2, 0.25) is 5.91 Å². The monoisotopic (exact) mass is 304 g/mol. The summed E-state index contributed by atoms with van der Waals surface area (Å²) in [6.45, 7) is 0.212. The van der Waals surface area contributed by atoms with Crippen LogP contribution in [0.1, 0.15) is 12.2 Å². The van der Waals surface area contributed by atoms with Crippen LogP contribution in [0.3, 0.4) is 0 Å². The molecule has 0 bridgehead atoms. The minimum absolute atomic E-state index is 0.0172. The fraction of sp³-hybridized carbons (Fsp3) is 0.200. The SMILES string of the molecule is O=C(C[C@H](NCc1ccco1)C(=O)O)Nc1cccc(O)c1. The molecule has 7 nitrogen and oxygen atoms in total. The smallest absolute Gasteiger partial charge is 0.321 e. The predicted molar refractivity (Wildman–Crippen MR) is 78.3 cm³/mol. The van der Waals surface area contributed by atoms with E-state index in [-0.39, 0.29) is 18.7 Å². The number of carbonyl (C=O) groups excluding carboxylic acids is 1. The molecular formula is C15H16N2O5. The van der Waals surface area contributed by atoms with Crippen molar-refractivity contribution in [3.63, 3.8) is 0 Å². The molecule has 0 aliphatic rings.